The molecule has 0 aliphatic rings. The van der Waals surface area contributed by atoms with E-state index in [9.17, 15) is 4.79 Å². The minimum absolute atomic E-state index is 0.257. The number of pyridine rings is 1. The monoisotopic (exact) mass is 245 g/mol. The number of nitrogens with zero attached hydrogens (tertiary/aromatic N) is 2. The van der Waals surface area contributed by atoms with E-state index < -0.39 is 0 Å². The predicted molar refractivity (Wildman–Crippen MR) is 67.5 cm³/mol. The Hall–Kier alpha value is -2.14. The van der Waals surface area contributed by atoms with Gasteiger partial charge in [0.2, 0.25) is 0 Å². The van der Waals surface area contributed by atoms with Crippen molar-refractivity contribution in [3.05, 3.63) is 47.4 Å². The molecule has 0 saturated heterocycles. The van der Waals surface area contributed by atoms with Crippen molar-refractivity contribution in [1.29, 1.82) is 0 Å². The number of aromatic nitrogens is 2. The quantitative estimate of drug-likeness (QED) is 0.839. The Balaban J connectivity index is 2.48. The minimum Gasteiger partial charge on any atom is -0.302 e. The highest BCUT2D eigenvalue weighted by atomic mass is 16.6. The first kappa shape index (κ1) is 12.3. The number of hydrogen-bond donors (Lipinski definition) is 1. The lowest BCUT2D eigenvalue weighted by atomic mass is 10.2. The number of rotatable bonds is 3. The fourth-order valence-corrected chi connectivity index (χ4v) is 1.98. The van der Waals surface area contributed by atoms with Crippen molar-refractivity contribution in [2.24, 2.45) is 0 Å². The van der Waals surface area contributed by atoms with Crippen LogP contribution in [0.5, 0.6) is 0 Å². The number of aryl methyl sites for hydroxylation is 1. The fourth-order valence-electron chi connectivity index (χ4n) is 1.98. The summed E-state index contributed by atoms with van der Waals surface area (Å²) in [6, 6.07) is 7.49. The molecule has 0 aliphatic carbocycles. The zero-order valence-electron chi connectivity index (χ0n) is 10.6. The van der Waals surface area contributed by atoms with E-state index in [4.69, 9.17) is 0 Å². The highest BCUT2D eigenvalue weighted by molar-refractivity contribution is 5.95. The normalized spacial score (nSPS) is 10.4. The number of carbonyl (C=O) groups is 1. The molecule has 0 spiro atoms. The molecule has 0 atom stereocenters. The van der Waals surface area contributed by atoms with Crippen LogP contribution in [0.3, 0.4) is 0 Å². The van der Waals surface area contributed by atoms with Crippen LogP contribution in [0.15, 0.2) is 30.5 Å². The van der Waals surface area contributed by atoms with E-state index in [0.717, 1.165) is 17.2 Å². The molecule has 5 heteroatoms. The summed E-state index contributed by atoms with van der Waals surface area (Å²) >= 11 is 0. The van der Waals surface area contributed by atoms with E-state index in [2.05, 4.69) is 15.3 Å². The first-order chi connectivity index (χ1) is 8.65. The summed E-state index contributed by atoms with van der Waals surface area (Å²) < 4.78 is 1.94. The third-order valence-corrected chi connectivity index (χ3v) is 2.75. The molecule has 18 heavy (non-hydrogen) atoms. The third-order valence-electron chi connectivity index (χ3n) is 2.75. The van der Waals surface area contributed by atoms with Gasteiger partial charge in [-0.3, -0.25) is 9.63 Å². The van der Waals surface area contributed by atoms with Crippen LogP contribution in [-0.4, -0.2) is 22.6 Å². The Kier molecular flexibility index (Phi) is 3.43. The van der Waals surface area contributed by atoms with Gasteiger partial charge in [0.15, 0.2) is 0 Å². The maximum Gasteiger partial charge on any atom is 0.276 e. The number of carbonyl (C=O) groups excluding carboxylic acids is 1. The second-order valence-electron chi connectivity index (χ2n) is 3.94. The average molecular weight is 245 g/mol. The summed E-state index contributed by atoms with van der Waals surface area (Å²) in [6.07, 6.45) is 1.73. The van der Waals surface area contributed by atoms with Gasteiger partial charge in [-0.15, -0.1) is 0 Å². The maximum atomic E-state index is 11.8. The second kappa shape index (κ2) is 5.01. The van der Waals surface area contributed by atoms with Crippen LogP contribution in [0.2, 0.25) is 0 Å². The molecule has 2 aromatic rings. The molecule has 0 unspecified atom stereocenters. The summed E-state index contributed by atoms with van der Waals surface area (Å²) in [6.45, 7) is 3.82. The molecule has 0 aliphatic heterocycles. The smallest absolute Gasteiger partial charge is 0.276 e. The van der Waals surface area contributed by atoms with Crippen LogP contribution < -0.4 is 5.48 Å². The van der Waals surface area contributed by atoms with E-state index in [0.29, 0.717) is 5.56 Å². The molecule has 1 amide bonds. The van der Waals surface area contributed by atoms with Crippen molar-refractivity contribution >= 4 is 5.91 Å². The molecule has 94 valence electrons. The molecule has 0 bridgehead atoms. The van der Waals surface area contributed by atoms with Crippen molar-refractivity contribution in [1.82, 2.24) is 15.0 Å². The van der Waals surface area contributed by atoms with Gasteiger partial charge in [0.1, 0.15) is 5.82 Å². The zero-order chi connectivity index (χ0) is 13.1. The molecule has 2 heterocycles. The van der Waals surface area contributed by atoms with Gasteiger partial charge in [-0.2, -0.15) is 0 Å². The SMILES string of the molecule is CONC(=O)c1cc(C)n(-c2ccccn2)c1C. The highest BCUT2D eigenvalue weighted by Gasteiger charge is 2.16. The highest BCUT2D eigenvalue weighted by Crippen LogP contribution is 2.19. The van der Waals surface area contributed by atoms with Gasteiger partial charge in [0.05, 0.1) is 12.7 Å². The summed E-state index contributed by atoms with van der Waals surface area (Å²) in [5.41, 5.74) is 4.69. The lowest BCUT2D eigenvalue weighted by Gasteiger charge is -2.08. The average Bonchev–Trinajstić information content (AvgIpc) is 2.66. The van der Waals surface area contributed by atoms with Crippen LogP contribution in [-0.2, 0) is 4.84 Å². The van der Waals surface area contributed by atoms with E-state index in [-0.39, 0.29) is 5.91 Å². The van der Waals surface area contributed by atoms with Gasteiger partial charge in [0.25, 0.3) is 5.91 Å². The van der Waals surface area contributed by atoms with Crippen LogP contribution in [0.4, 0.5) is 0 Å². The molecular weight excluding hydrogens is 230 g/mol. The standard InChI is InChI=1S/C13H15N3O2/c1-9-8-11(13(17)15-18-3)10(2)16(9)12-6-4-5-7-14-12/h4-8H,1-3H3,(H,15,17). The van der Waals surface area contributed by atoms with E-state index in [1.165, 1.54) is 7.11 Å². The number of hydrogen-bond acceptors (Lipinski definition) is 3. The van der Waals surface area contributed by atoms with E-state index >= 15 is 0 Å². The van der Waals surface area contributed by atoms with E-state index in [1.54, 1.807) is 6.20 Å². The van der Waals surface area contributed by atoms with Gasteiger partial charge < -0.3 is 4.57 Å². The van der Waals surface area contributed by atoms with Gasteiger partial charge in [0, 0.05) is 17.6 Å². The van der Waals surface area contributed by atoms with Gasteiger partial charge in [-0.25, -0.2) is 10.5 Å². The Morgan fingerprint density at radius 1 is 1.39 bits per heavy atom. The zero-order valence-corrected chi connectivity index (χ0v) is 10.6. The molecule has 0 aromatic carbocycles. The topological polar surface area (TPSA) is 56.1 Å². The Bertz CT molecular complexity index is 561. The second-order valence-corrected chi connectivity index (χ2v) is 3.94. The van der Waals surface area contributed by atoms with Crippen molar-refractivity contribution in [2.75, 3.05) is 7.11 Å². The first-order valence-corrected chi connectivity index (χ1v) is 5.59. The van der Waals surface area contributed by atoms with Gasteiger partial charge in [-0.1, -0.05) is 6.07 Å². The molecule has 5 nitrogen and oxygen atoms in total. The molecule has 0 fully saturated rings. The summed E-state index contributed by atoms with van der Waals surface area (Å²) in [4.78, 5) is 20.7. The molecule has 2 rings (SSSR count). The van der Waals surface area contributed by atoms with Crippen molar-refractivity contribution in [2.45, 2.75) is 13.8 Å². The Labute approximate surface area is 105 Å². The van der Waals surface area contributed by atoms with Crippen molar-refractivity contribution < 1.29 is 9.63 Å². The lowest BCUT2D eigenvalue weighted by molar-refractivity contribution is 0.0537. The fraction of sp³-hybridized carbons (Fsp3) is 0.231. The van der Waals surface area contributed by atoms with Gasteiger partial charge in [-0.05, 0) is 32.0 Å². The summed E-state index contributed by atoms with van der Waals surface area (Å²) in [7, 11) is 1.41. The molecular formula is C13H15N3O2. The first-order valence-electron chi connectivity index (χ1n) is 5.59. The summed E-state index contributed by atoms with van der Waals surface area (Å²) in [5.74, 6) is 0.539. The van der Waals surface area contributed by atoms with Crippen molar-refractivity contribution in [3.63, 3.8) is 0 Å². The number of nitrogens with one attached hydrogen (secondary N) is 1. The van der Waals surface area contributed by atoms with E-state index in [1.807, 2.05) is 42.7 Å². The minimum atomic E-state index is -0.257. The largest absolute Gasteiger partial charge is 0.302 e. The Morgan fingerprint density at radius 2 is 2.17 bits per heavy atom. The summed E-state index contributed by atoms with van der Waals surface area (Å²) in [5, 5.41) is 0. The third kappa shape index (κ3) is 2.12. The molecule has 0 radical (unpaired) electrons. The molecule has 1 N–H and O–H groups in total. The van der Waals surface area contributed by atoms with Crippen molar-refractivity contribution in [3.8, 4) is 5.82 Å². The van der Waals surface area contributed by atoms with Crippen LogP contribution in [0.25, 0.3) is 5.82 Å². The van der Waals surface area contributed by atoms with Gasteiger partial charge >= 0.3 is 0 Å². The maximum absolute atomic E-state index is 11.8. The van der Waals surface area contributed by atoms with Crippen LogP contribution in [0.1, 0.15) is 21.7 Å². The lowest BCUT2D eigenvalue weighted by Crippen LogP contribution is -2.22. The number of hydroxylamine groups is 1. The Morgan fingerprint density at radius 3 is 2.78 bits per heavy atom. The molecule has 2 aromatic heterocycles. The number of amides is 1. The van der Waals surface area contributed by atoms with Crippen LogP contribution >= 0.6 is 0 Å². The molecule has 0 saturated carbocycles. The predicted octanol–water partition coefficient (Wildman–Crippen LogP) is 1.78. The van der Waals surface area contributed by atoms with Crippen LogP contribution in [0, 0.1) is 13.8 Å².